The minimum atomic E-state index is -4.74. The number of aromatic nitrogens is 3. The van der Waals surface area contributed by atoms with Crippen LogP contribution >= 0.6 is 24.0 Å². The first-order chi connectivity index (χ1) is 20.7. The molecule has 0 spiro atoms. The molecule has 1 saturated heterocycles. The largest absolute Gasteiger partial charge is 0.573 e. The highest BCUT2D eigenvalue weighted by Crippen LogP contribution is 2.29. The van der Waals surface area contributed by atoms with Gasteiger partial charge in [-0.3, -0.25) is 9.69 Å². The zero-order valence-corrected chi connectivity index (χ0v) is 24.7. The van der Waals surface area contributed by atoms with Crippen LogP contribution in [0, 0.1) is 6.92 Å². The highest BCUT2D eigenvalue weighted by molar-refractivity contribution is 8.15. The summed E-state index contributed by atoms with van der Waals surface area (Å²) < 4.78 is 42.5. The van der Waals surface area contributed by atoms with Gasteiger partial charge in [-0.25, -0.2) is 9.67 Å². The molecular weight excluding hydrogens is 597 g/mol. The quantitative estimate of drug-likeness (QED) is 0.169. The molecule has 0 aliphatic carbocycles. The molecule has 2 heterocycles. The number of thioether (sulfide) groups is 1. The lowest BCUT2D eigenvalue weighted by Gasteiger charge is -2.18. The molecule has 0 bridgehead atoms. The number of ether oxygens (including phenoxy) is 1. The molecule has 43 heavy (non-hydrogen) atoms. The van der Waals surface area contributed by atoms with Crippen molar-refractivity contribution >= 4 is 45.9 Å². The zero-order chi connectivity index (χ0) is 30.4. The van der Waals surface area contributed by atoms with Crippen LogP contribution in [0.5, 0.6) is 5.75 Å². The van der Waals surface area contributed by atoms with Crippen molar-refractivity contribution in [1.29, 1.82) is 0 Å². The van der Waals surface area contributed by atoms with Crippen LogP contribution < -0.4 is 15.0 Å². The Kier molecular flexibility index (Phi) is 9.41. The lowest BCUT2D eigenvalue weighted by Crippen LogP contribution is -2.32. The fraction of sp³-hybridized carbons (Fsp3) is 0.233. The highest BCUT2D eigenvalue weighted by Gasteiger charge is 2.31. The second-order valence-corrected chi connectivity index (χ2v) is 11.0. The number of thiocarbonyl (C=S) groups is 1. The fourth-order valence-electron chi connectivity index (χ4n) is 4.41. The van der Waals surface area contributed by atoms with Crippen LogP contribution in [0.2, 0.25) is 0 Å². The lowest BCUT2D eigenvalue weighted by molar-refractivity contribution is -0.274. The number of nitrogens with zero attached hydrogens (tertiary/aromatic N) is 5. The number of alkyl halides is 3. The van der Waals surface area contributed by atoms with E-state index in [-0.39, 0.29) is 11.7 Å². The molecule has 0 atom stereocenters. The first-order valence-corrected chi connectivity index (χ1v) is 14.8. The molecule has 3 aromatic carbocycles. The maximum atomic E-state index is 12.5. The molecule has 1 amide bonds. The Hall–Kier alpha value is -4.23. The molecular formula is C30H27F3N6O2S2. The van der Waals surface area contributed by atoms with Gasteiger partial charge in [-0.1, -0.05) is 54.2 Å². The molecule has 1 aromatic heterocycles. The molecule has 222 valence electrons. The van der Waals surface area contributed by atoms with E-state index < -0.39 is 6.36 Å². The number of nitrogens with one attached hydrogen (secondary N) is 1. The Bertz CT molecular complexity index is 1620. The van der Waals surface area contributed by atoms with Crippen molar-refractivity contribution in [2.45, 2.75) is 32.5 Å². The average Bonchev–Trinajstić information content (AvgIpc) is 3.60. The van der Waals surface area contributed by atoms with Crippen molar-refractivity contribution in [2.24, 2.45) is 4.99 Å². The Morgan fingerprint density at radius 3 is 2.53 bits per heavy atom. The minimum Gasteiger partial charge on any atom is -0.406 e. The van der Waals surface area contributed by atoms with Crippen LogP contribution in [-0.2, 0) is 11.2 Å². The number of amidine groups is 1. The van der Waals surface area contributed by atoms with Crippen LogP contribution in [-0.4, -0.2) is 49.6 Å². The second-order valence-electron chi connectivity index (χ2n) is 9.64. The number of aliphatic imine (C=N–C) groups is 1. The van der Waals surface area contributed by atoms with Gasteiger partial charge in [-0.05, 0) is 79.9 Å². The number of unbranched alkanes of at least 4 members (excludes halogenated alkanes) is 1. The van der Waals surface area contributed by atoms with Gasteiger partial charge in [0.1, 0.15) is 12.1 Å². The minimum absolute atomic E-state index is 0.0100. The number of para-hydroxylation sites is 1. The van der Waals surface area contributed by atoms with Gasteiger partial charge in [-0.15, -0.1) is 18.3 Å². The molecule has 1 aliphatic heterocycles. The summed E-state index contributed by atoms with van der Waals surface area (Å²) in [5, 5.41) is 8.56. The fourth-order valence-corrected chi connectivity index (χ4v) is 5.53. The maximum absolute atomic E-state index is 12.5. The molecule has 1 fully saturated rings. The Balaban J connectivity index is 1.08. The van der Waals surface area contributed by atoms with Crippen LogP contribution in [0.15, 0.2) is 84.1 Å². The number of rotatable bonds is 9. The van der Waals surface area contributed by atoms with Gasteiger partial charge in [0, 0.05) is 12.1 Å². The number of halogens is 3. The average molecular weight is 625 g/mol. The Morgan fingerprint density at radius 2 is 1.81 bits per heavy atom. The number of carbonyl (C=O) groups is 1. The van der Waals surface area contributed by atoms with E-state index in [4.69, 9.17) is 12.2 Å². The van der Waals surface area contributed by atoms with Crippen molar-refractivity contribution in [3.05, 3.63) is 90.3 Å². The molecule has 0 saturated carbocycles. The number of aryl methyl sites for hydroxylation is 2. The molecule has 0 radical (unpaired) electrons. The van der Waals surface area contributed by atoms with Crippen LogP contribution in [0.3, 0.4) is 0 Å². The zero-order valence-electron chi connectivity index (χ0n) is 23.0. The van der Waals surface area contributed by atoms with Gasteiger partial charge < -0.3 is 10.1 Å². The predicted molar refractivity (Wildman–Crippen MR) is 166 cm³/mol. The summed E-state index contributed by atoms with van der Waals surface area (Å²) in [7, 11) is 0. The van der Waals surface area contributed by atoms with E-state index >= 15 is 0 Å². The molecule has 1 N–H and O–H groups in total. The van der Waals surface area contributed by atoms with Crippen molar-refractivity contribution in [1.82, 2.24) is 20.1 Å². The van der Waals surface area contributed by atoms with Gasteiger partial charge in [0.2, 0.25) is 5.91 Å². The summed E-state index contributed by atoms with van der Waals surface area (Å²) in [4.78, 5) is 22.9. The van der Waals surface area contributed by atoms with E-state index in [1.165, 1.54) is 52.6 Å². The summed E-state index contributed by atoms with van der Waals surface area (Å²) in [6.45, 7) is 2.63. The van der Waals surface area contributed by atoms with E-state index in [1.54, 1.807) is 4.90 Å². The third kappa shape index (κ3) is 7.99. The third-order valence-corrected chi connectivity index (χ3v) is 7.69. The van der Waals surface area contributed by atoms with E-state index in [0.29, 0.717) is 34.1 Å². The summed E-state index contributed by atoms with van der Waals surface area (Å²) in [5.74, 6) is 0.532. The molecule has 8 nitrogen and oxygen atoms in total. The Labute approximate surface area is 256 Å². The van der Waals surface area contributed by atoms with E-state index in [2.05, 4.69) is 25.1 Å². The second kappa shape index (κ2) is 13.4. The SMILES string of the molecule is Cc1ccccc1N1C(=O)CS/C1=N\C(=S)NCCCCc1ccc(-c2ncn(-c3ccc(OC(F)(F)F)cc3)n2)cc1. The highest BCUT2D eigenvalue weighted by atomic mass is 32.2. The third-order valence-electron chi connectivity index (χ3n) is 6.53. The molecule has 4 aromatic rings. The summed E-state index contributed by atoms with van der Waals surface area (Å²) in [5.41, 5.74) is 4.37. The van der Waals surface area contributed by atoms with E-state index in [9.17, 15) is 18.0 Å². The summed E-state index contributed by atoms with van der Waals surface area (Å²) in [6, 6.07) is 21.1. The van der Waals surface area contributed by atoms with Crippen LogP contribution in [0.4, 0.5) is 18.9 Å². The first-order valence-electron chi connectivity index (χ1n) is 13.4. The number of anilines is 1. The molecule has 1 aliphatic rings. The van der Waals surface area contributed by atoms with Crippen molar-refractivity contribution in [2.75, 3.05) is 17.2 Å². The maximum Gasteiger partial charge on any atom is 0.573 e. The number of hydrogen-bond donors (Lipinski definition) is 1. The monoisotopic (exact) mass is 624 g/mol. The van der Waals surface area contributed by atoms with Crippen molar-refractivity contribution in [3.63, 3.8) is 0 Å². The molecule has 13 heteroatoms. The molecule has 5 rings (SSSR count). The van der Waals surface area contributed by atoms with Crippen molar-refractivity contribution < 1.29 is 22.7 Å². The number of carbonyl (C=O) groups excluding carboxylic acids is 1. The normalized spacial score (nSPS) is 14.4. The van der Waals surface area contributed by atoms with Gasteiger partial charge in [0.25, 0.3) is 0 Å². The standard InChI is InChI=1S/C30H27F3N6O2S2/c1-20-6-2-3-8-25(20)39-26(40)18-43-29(39)36-28(42)34-17-5-4-7-21-9-11-22(12-10-21)27-35-19-38(37-27)23-13-15-24(16-14-23)41-30(31,32)33/h2-3,6,8-16,19H,4-5,7,17-18H2,1H3,(H,34,42)/b36-29-. The topological polar surface area (TPSA) is 84.6 Å². The summed E-state index contributed by atoms with van der Waals surface area (Å²) >= 11 is 6.80. The summed E-state index contributed by atoms with van der Waals surface area (Å²) in [6.07, 6.45) is -0.525. The lowest BCUT2D eigenvalue weighted by atomic mass is 10.1. The first kappa shape index (κ1) is 30.2. The van der Waals surface area contributed by atoms with Gasteiger partial charge in [-0.2, -0.15) is 4.99 Å². The van der Waals surface area contributed by atoms with E-state index in [0.717, 1.165) is 36.1 Å². The van der Waals surface area contributed by atoms with Gasteiger partial charge in [0.15, 0.2) is 16.1 Å². The van der Waals surface area contributed by atoms with E-state index in [1.807, 2.05) is 55.5 Å². The van der Waals surface area contributed by atoms with Gasteiger partial charge >= 0.3 is 6.36 Å². The van der Waals surface area contributed by atoms with Crippen LogP contribution in [0.1, 0.15) is 24.0 Å². The van der Waals surface area contributed by atoms with Crippen molar-refractivity contribution in [3.8, 4) is 22.8 Å². The number of hydrogen-bond acceptors (Lipinski definition) is 6. The smallest absolute Gasteiger partial charge is 0.406 e. The predicted octanol–water partition coefficient (Wildman–Crippen LogP) is 6.47. The molecule has 0 unspecified atom stereocenters. The number of amides is 1. The number of benzene rings is 3. The van der Waals surface area contributed by atoms with Crippen LogP contribution in [0.25, 0.3) is 17.1 Å². The Morgan fingerprint density at radius 1 is 1.07 bits per heavy atom. The van der Waals surface area contributed by atoms with Gasteiger partial charge in [0.05, 0.1) is 17.1 Å².